The summed E-state index contributed by atoms with van der Waals surface area (Å²) >= 11 is 5.94. The van der Waals surface area contributed by atoms with Crippen LogP contribution >= 0.6 is 11.6 Å². The number of halogens is 1. The van der Waals surface area contributed by atoms with Crippen LogP contribution in [0.4, 0.5) is 0 Å². The van der Waals surface area contributed by atoms with Gasteiger partial charge in [0.1, 0.15) is 0 Å². The Bertz CT molecular complexity index is 532. The highest BCUT2D eigenvalue weighted by Gasteiger charge is 2.30. The number of hydrogen-bond donors (Lipinski definition) is 0. The van der Waals surface area contributed by atoms with E-state index in [1.54, 1.807) is 0 Å². The molecule has 0 saturated carbocycles. The van der Waals surface area contributed by atoms with Crippen molar-refractivity contribution in [1.29, 1.82) is 0 Å². The lowest BCUT2D eigenvalue weighted by atomic mass is 9.94. The number of amides is 1. The van der Waals surface area contributed by atoms with Crippen LogP contribution < -0.4 is 0 Å². The van der Waals surface area contributed by atoms with E-state index in [-0.39, 0.29) is 5.92 Å². The summed E-state index contributed by atoms with van der Waals surface area (Å²) in [6.07, 6.45) is 1.97. The van der Waals surface area contributed by atoms with E-state index in [0.717, 1.165) is 70.2 Å². The van der Waals surface area contributed by atoms with Gasteiger partial charge in [0.15, 0.2) is 0 Å². The Balaban J connectivity index is 1.44. The SMILES string of the molecule is CCN1CCN(C(=O)C2CCN(Cc3ccc(Cl)cc3)CC2)CC1. The van der Waals surface area contributed by atoms with Crippen LogP contribution in [0.25, 0.3) is 0 Å². The number of carbonyl (C=O) groups is 1. The number of likely N-dealkylation sites (tertiary alicyclic amines) is 1. The minimum absolute atomic E-state index is 0.222. The van der Waals surface area contributed by atoms with E-state index in [4.69, 9.17) is 11.6 Å². The molecule has 4 nitrogen and oxygen atoms in total. The Morgan fingerprint density at radius 3 is 2.21 bits per heavy atom. The van der Waals surface area contributed by atoms with Gasteiger partial charge in [0, 0.05) is 43.7 Å². The van der Waals surface area contributed by atoms with E-state index in [1.807, 2.05) is 12.1 Å². The number of piperidine rings is 1. The molecule has 132 valence electrons. The second-order valence-electron chi connectivity index (χ2n) is 6.94. The van der Waals surface area contributed by atoms with Gasteiger partial charge in [-0.05, 0) is 50.2 Å². The molecule has 0 aliphatic carbocycles. The third kappa shape index (κ3) is 4.50. The Morgan fingerprint density at radius 1 is 1.00 bits per heavy atom. The zero-order chi connectivity index (χ0) is 16.9. The molecule has 0 spiro atoms. The Morgan fingerprint density at radius 2 is 1.62 bits per heavy atom. The molecule has 1 aromatic carbocycles. The molecule has 1 amide bonds. The number of benzene rings is 1. The van der Waals surface area contributed by atoms with Gasteiger partial charge >= 0.3 is 0 Å². The maximum Gasteiger partial charge on any atom is 0.225 e. The number of hydrogen-bond acceptors (Lipinski definition) is 3. The third-order valence-corrected chi connectivity index (χ3v) is 5.64. The molecule has 3 rings (SSSR count). The Kier molecular flexibility index (Phi) is 6.14. The van der Waals surface area contributed by atoms with Crippen molar-refractivity contribution >= 4 is 17.5 Å². The lowest BCUT2D eigenvalue weighted by Crippen LogP contribution is -2.51. The van der Waals surface area contributed by atoms with Gasteiger partial charge in [0.05, 0.1) is 0 Å². The number of rotatable bonds is 4. The minimum Gasteiger partial charge on any atom is -0.340 e. The first-order valence-corrected chi connectivity index (χ1v) is 9.51. The molecular formula is C19H28ClN3O. The summed E-state index contributed by atoms with van der Waals surface area (Å²) in [6, 6.07) is 8.08. The van der Waals surface area contributed by atoms with Crippen LogP contribution in [0.2, 0.25) is 5.02 Å². The molecule has 0 bridgehead atoms. The predicted molar refractivity (Wildman–Crippen MR) is 98.1 cm³/mol. The van der Waals surface area contributed by atoms with E-state index in [1.165, 1.54) is 5.56 Å². The fourth-order valence-corrected chi connectivity index (χ4v) is 3.85. The lowest BCUT2D eigenvalue weighted by Gasteiger charge is -2.38. The van der Waals surface area contributed by atoms with Gasteiger partial charge in [0.25, 0.3) is 0 Å². The standard InChI is InChI=1S/C19H28ClN3O/c1-2-21-11-13-23(14-12-21)19(24)17-7-9-22(10-8-17)15-16-3-5-18(20)6-4-16/h3-6,17H,2,7-15H2,1H3. The van der Waals surface area contributed by atoms with Gasteiger partial charge in [-0.1, -0.05) is 30.7 Å². The Hall–Kier alpha value is -1.10. The average Bonchev–Trinajstić information content (AvgIpc) is 2.64. The fourth-order valence-electron chi connectivity index (χ4n) is 3.73. The van der Waals surface area contributed by atoms with Crippen molar-refractivity contribution < 1.29 is 4.79 Å². The number of nitrogens with zero attached hydrogens (tertiary/aromatic N) is 3. The summed E-state index contributed by atoms with van der Waals surface area (Å²) in [5.41, 5.74) is 1.29. The molecule has 0 N–H and O–H groups in total. The summed E-state index contributed by atoms with van der Waals surface area (Å²) in [4.78, 5) is 19.7. The lowest BCUT2D eigenvalue weighted by molar-refractivity contribution is -0.138. The first kappa shape index (κ1) is 17.7. The van der Waals surface area contributed by atoms with Gasteiger partial charge in [-0.2, -0.15) is 0 Å². The molecule has 1 aromatic rings. The minimum atomic E-state index is 0.222. The summed E-state index contributed by atoms with van der Waals surface area (Å²) < 4.78 is 0. The molecule has 2 saturated heterocycles. The zero-order valence-corrected chi connectivity index (χ0v) is 15.3. The van der Waals surface area contributed by atoms with Crippen LogP contribution in [0.5, 0.6) is 0 Å². The monoisotopic (exact) mass is 349 g/mol. The smallest absolute Gasteiger partial charge is 0.225 e. The van der Waals surface area contributed by atoms with Crippen LogP contribution in [0.15, 0.2) is 24.3 Å². The van der Waals surface area contributed by atoms with Crippen molar-refractivity contribution in [1.82, 2.24) is 14.7 Å². The largest absolute Gasteiger partial charge is 0.340 e. The number of carbonyl (C=O) groups excluding carboxylic acids is 1. The summed E-state index contributed by atoms with van der Waals surface area (Å²) in [5, 5.41) is 0.784. The topological polar surface area (TPSA) is 26.8 Å². The quantitative estimate of drug-likeness (QED) is 0.836. The van der Waals surface area contributed by atoms with Crippen molar-refractivity contribution in [3.63, 3.8) is 0 Å². The first-order valence-electron chi connectivity index (χ1n) is 9.13. The zero-order valence-electron chi connectivity index (χ0n) is 14.6. The van der Waals surface area contributed by atoms with Gasteiger partial charge in [-0.25, -0.2) is 0 Å². The van der Waals surface area contributed by atoms with Gasteiger partial charge in [-0.3, -0.25) is 9.69 Å². The molecule has 2 heterocycles. The number of likely N-dealkylation sites (N-methyl/N-ethyl adjacent to an activating group) is 1. The predicted octanol–water partition coefficient (Wildman–Crippen LogP) is 2.72. The summed E-state index contributed by atoms with van der Waals surface area (Å²) in [5.74, 6) is 0.608. The average molecular weight is 350 g/mol. The van der Waals surface area contributed by atoms with Crippen molar-refractivity contribution in [3.8, 4) is 0 Å². The summed E-state index contributed by atoms with van der Waals surface area (Å²) in [7, 11) is 0. The van der Waals surface area contributed by atoms with Crippen LogP contribution in [0.3, 0.4) is 0 Å². The van der Waals surface area contributed by atoms with Crippen molar-refractivity contribution in [2.45, 2.75) is 26.3 Å². The first-order chi connectivity index (χ1) is 11.7. The second kappa shape index (κ2) is 8.32. The molecule has 0 aromatic heterocycles. The van der Waals surface area contributed by atoms with Crippen LogP contribution in [0.1, 0.15) is 25.3 Å². The summed E-state index contributed by atoms with van der Waals surface area (Å²) in [6.45, 7) is 10.1. The van der Waals surface area contributed by atoms with E-state index >= 15 is 0 Å². The van der Waals surface area contributed by atoms with E-state index in [9.17, 15) is 4.79 Å². The molecule has 0 atom stereocenters. The molecule has 5 heteroatoms. The molecule has 0 unspecified atom stereocenters. The molecule has 2 aliphatic heterocycles. The molecule has 24 heavy (non-hydrogen) atoms. The maximum atomic E-state index is 12.7. The van der Waals surface area contributed by atoms with Crippen LogP contribution in [-0.4, -0.2) is 66.4 Å². The van der Waals surface area contributed by atoms with Crippen molar-refractivity contribution in [3.05, 3.63) is 34.9 Å². The van der Waals surface area contributed by atoms with Crippen molar-refractivity contribution in [2.75, 3.05) is 45.8 Å². The molecule has 0 radical (unpaired) electrons. The van der Waals surface area contributed by atoms with Crippen LogP contribution in [-0.2, 0) is 11.3 Å². The third-order valence-electron chi connectivity index (χ3n) is 5.39. The fraction of sp³-hybridized carbons (Fsp3) is 0.632. The second-order valence-corrected chi connectivity index (χ2v) is 7.37. The van der Waals surface area contributed by atoms with Crippen LogP contribution in [0, 0.1) is 5.92 Å². The number of piperazine rings is 1. The normalized spacial score (nSPS) is 21.2. The molecule has 2 fully saturated rings. The van der Waals surface area contributed by atoms with Gasteiger partial charge < -0.3 is 9.80 Å². The van der Waals surface area contributed by atoms with E-state index < -0.39 is 0 Å². The highest BCUT2D eigenvalue weighted by molar-refractivity contribution is 6.30. The highest BCUT2D eigenvalue weighted by Crippen LogP contribution is 2.22. The van der Waals surface area contributed by atoms with E-state index in [2.05, 4.69) is 33.8 Å². The highest BCUT2D eigenvalue weighted by atomic mass is 35.5. The molecule has 2 aliphatic rings. The van der Waals surface area contributed by atoms with Crippen molar-refractivity contribution in [2.24, 2.45) is 5.92 Å². The Labute approximate surface area is 150 Å². The maximum absolute atomic E-state index is 12.7. The molecular weight excluding hydrogens is 322 g/mol. The van der Waals surface area contributed by atoms with E-state index in [0.29, 0.717) is 5.91 Å². The van der Waals surface area contributed by atoms with Gasteiger partial charge in [-0.15, -0.1) is 0 Å². The van der Waals surface area contributed by atoms with Gasteiger partial charge in [0.2, 0.25) is 5.91 Å².